The fraction of sp³-hybridized carbons (Fsp3) is 0.176. The molecular formula is C17H16BrN4O2+. The summed E-state index contributed by atoms with van der Waals surface area (Å²) in [5.41, 5.74) is 7.45. The molecule has 122 valence electrons. The smallest absolute Gasteiger partial charge is 0.303 e. The number of rotatable bonds is 5. The Labute approximate surface area is 147 Å². The van der Waals surface area contributed by atoms with Gasteiger partial charge in [0, 0.05) is 22.4 Å². The molecule has 0 aromatic heterocycles. The van der Waals surface area contributed by atoms with Gasteiger partial charge in [-0.3, -0.25) is 4.79 Å². The number of hydrogen-bond acceptors (Lipinski definition) is 3. The Morgan fingerprint density at radius 3 is 2.50 bits per heavy atom. The van der Waals surface area contributed by atoms with Crippen LogP contribution in [0.4, 0.5) is 0 Å². The molecule has 0 amide bonds. The molecular weight excluding hydrogens is 372 g/mol. The summed E-state index contributed by atoms with van der Waals surface area (Å²) in [6.07, 6.45) is 0.0499. The van der Waals surface area contributed by atoms with E-state index in [4.69, 9.17) is 16.2 Å². The number of benzene rings is 2. The third-order valence-corrected chi connectivity index (χ3v) is 4.07. The van der Waals surface area contributed by atoms with Crippen LogP contribution < -0.4 is 5.73 Å². The summed E-state index contributed by atoms with van der Waals surface area (Å²) in [5.74, 6) is -0.643. The van der Waals surface area contributed by atoms with E-state index in [2.05, 4.69) is 22.0 Å². The van der Waals surface area contributed by atoms with Crippen molar-refractivity contribution in [1.29, 1.82) is 10.7 Å². The van der Waals surface area contributed by atoms with Crippen molar-refractivity contribution < 1.29 is 14.5 Å². The van der Waals surface area contributed by atoms with Crippen molar-refractivity contribution in [3.05, 3.63) is 47.5 Å². The highest BCUT2D eigenvalue weighted by Gasteiger charge is 2.16. The van der Waals surface area contributed by atoms with Gasteiger partial charge in [-0.25, -0.2) is 4.58 Å². The highest BCUT2D eigenvalue weighted by atomic mass is 79.9. The number of carboxylic acids is 1. The Hall–Kier alpha value is -2.72. The Balaban J connectivity index is 2.46. The van der Waals surface area contributed by atoms with Crippen molar-refractivity contribution in [2.24, 2.45) is 5.73 Å². The average Bonchev–Trinajstić information content (AvgIpc) is 2.57. The molecule has 0 aliphatic rings. The molecule has 0 atom stereocenters. The molecule has 2 aromatic rings. The van der Waals surface area contributed by atoms with Crippen LogP contribution in [0, 0.1) is 16.7 Å². The Morgan fingerprint density at radius 1 is 1.25 bits per heavy atom. The second kappa shape index (κ2) is 7.70. The molecule has 0 heterocycles. The third kappa shape index (κ3) is 3.97. The van der Waals surface area contributed by atoms with Crippen LogP contribution in [0.5, 0.6) is 0 Å². The van der Waals surface area contributed by atoms with E-state index in [0.717, 1.165) is 16.3 Å². The lowest BCUT2D eigenvalue weighted by Gasteiger charge is -2.11. The summed E-state index contributed by atoms with van der Waals surface area (Å²) in [4.78, 5) is 10.7. The maximum absolute atomic E-state index is 10.7. The van der Waals surface area contributed by atoms with Crippen molar-refractivity contribution in [2.45, 2.75) is 19.4 Å². The summed E-state index contributed by atoms with van der Waals surface area (Å²) < 4.78 is 1.57. The molecule has 0 radical (unpaired) electrons. The Kier molecular flexibility index (Phi) is 5.66. The quantitative estimate of drug-likeness (QED) is 0.316. The van der Waals surface area contributed by atoms with Crippen LogP contribution in [0.15, 0.2) is 36.4 Å². The zero-order valence-electron chi connectivity index (χ0n) is 12.8. The SMILES string of the molecule is N#Cc1ccc(C[N+](C(=N)Br)=C(N)CCC(=O)O)c2ccccc12. The minimum Gasteiger partial charge on any atom is -0.481 e. The second-order valence-corrected chi connectivity index (χ2v) is 5.94. The molecule has 0 aliphatic carbocycles. The number of hydrogen-bond donors (Lipinski definition) is 3. The Bertz CT molecular complexity index is 884. The molecule has 2 rings (SSSR count). The van der Waals surface area contributed by atoms with Gasteiger partial charge in [0.2, 0.25) is 0 Å². The normalized spacial score (nSPS) is 11.7. The lowest BCUT2D eigenvalue weighted by molar-refractivity contribution is -0.422. The standard InChI is InChI=1S/C17H15BrN4O2/c18-17(21)22(15(20)7-8-16(23)24)10-12-6-5-11(9-19)13-3-1-2-4-14(12)13/h1-6,20-21H,7-8,10H2,(H,23,24)/p+1. The third-order valence-electron chi connectivity index (χ3n) is 3.64. The topological polar surface area (TPSA) is 114 Å². The van der Waals surface area contributed by atoms with Gasteiger partial charge in [-0.05, 0) is 22.4 Å². The van der Waals surface area contributed by atoms with E-state index in [1.165, 1.54) is 4.58 Å². The first-order valence-electron chi connectivity index (χ1n) is 7.19. The minimum atomic E-state index is -0.942. The van der Waals surface area contributed by atoms with Gasteiger partial charge in [-0.15, -0.1) is 0 Å². The number of nitrogens with two attached hydrogens (primary N) is 1. The van der Waals surface area contributed by atoms with Crippen LogP contribution in [0.3, 0.4) is 0 Å². The van der Waals surface area contributed by atoms with Crippen molar-refractivity contribution in [2.75, 3.05) is 0 Å². The number of carboxylic acid groups (broad SMARTS) is 1. The van der Waals surface area contributed by atoms with E-state index in [9.17, 15) is 10.1 Å². The second-order valence-electron chi connectivity index (χ2n) is 5.19. The first-order valence-corrected chi connectivity index (χ1v) is 7.98. The van der Waals surface area contributed by atoms with E-state index >= 15 is 0 Å². The van der Waals surface area contributed by atoms with Gasteiger partial charge in [0.25, 0.3) is 4.74 Å². The fourth-order valence-corrected chi connectivity index (χ4v) is 2.79. The molecule has 2 aromatic carbocycles. The van der Waals surface area contributed by atoms with Crippen LogP contribution in [-0.4, -0.2) is 26.2 Å². The van der Waals surface area contributed by atoms with Gasteiger partial charge < -0.3 is 10.8 Å². The number of carbonyl (C=O) groups is 1. The van der Waals surface area contributed by atoms with Gasteiger partial charge in [-0.1, -0.05) is 30.3 Å². The molecule has 4 N–H and O–H groups in total. The van der Waals surface area contributed by atoms with E-state index in [1.54, 1.807) is 6.07 Å². The first-order chi connectivity index (χ1) is 11.4. The van der Waals surface area contributed by atoms with E-state index < -0.39 is 5.97 Å². The zero-order chi connectivity index (χ0) is 17.7. The van der Waals surface area contributed by atoms with E-state index in [0.29, 0.717) is 17.9 Å². The van der Waals surface area contributed by atoms with Crippen LogP contribution in [0.1, 0.15) is 24.0 Å². The Morgan fingerprint density at radius 2 is 1.92 bits per heavy atom. The number of aliphatic carboxylic acids is 1. The van der Waals surface area contributed by atoms with E-state index in [1.807, 2.05) is 30.3 Å². The number of halogens is 1. The number of fused-ring (bicyclic) bond motifs is 1. The molecule has 6 nitrogen and oxygen atoms in total. The number of nitrogens with one attached hydrogen (secondary N) is 1. The molecule has 0 saturated heterocycles. The summed E-state index contributed by atoms with van der Waals surface area (Å²) in [5, 5.41) is 27.6. The van der Waals surface area contributed by atoms with Gasteiger partial charge in [0.1, 0.15) is 0 Å². The minimum absolute atomic E-state index is 0.0545. The molecule has 7 heteroatoms. The number of nitriles is 1. The maximum Gasteiger partial charge on any atom is 0.303 e. The number of nitrogens with zero attached hydrogens (tertiary/aromatic N) is 2. The summed E-state index contributed by atoms with van der Waals surface area (Å²) in [7, 11) is 0. The maximum atomic E-state index is 10.7. The summed E-state index contributed by atoms with van der Waals surface area (Å²) >= 11 is 3.11. The lowest BCUT2D eigenvalue weighted by atomic mass is 10.00. The van der Waals surface area contributed by atoms with Gasteiger partial charge in [0.05, 0.1) is 24.6 Å². The molecule has 0 spiro atoms. The fourth-order valence-electron chi connectivity index (χ4n) is 2.43. The molecule has 0 fully saturated rings. The van der Waals surface area contributed by atoms with Gasteiger partial charge >= 0.3 is 5.97 Å². The molecule has 0 aliphatic heterocycles. The first kappa shape index (κ1) is 17.6. The highest BCUT2D eigenvalue weighted by Crippen LogP contribution is 2.23. The van der Waals surface area contributed by atoms with Gasteiger partial charge in [0.15, 0.2) is 5.84 Å². The predicted molar refractivity (Wildman–Crippen MR) is 95.3 cm³/mol. The lowest BCUT2D eigenvalue weighted by Crippen LogP contribution is -2.30. The highest BCUT2D eigenvalue weighted by molar-refractivity contribution is 9.18. The van der Waals surface area contributed by atoms with Gasteiger partial charge in [-0.2, -0.15) is 10.7 Å². The molecule has 0 bridgehead atoms. The average molecular weight is 388 g/mol. The largest absolute Gasteiger partial charge is 0.481 e. The van der Waals surface area contributed by atoms with E-state index in [-0.39, 0.29) is 17.6 Å². The van der Waals surface area contributed by atoms with Crippen molar-refractivity contribution in [1.82, 2.24) is 0 Å². The van der Waals surface area contributed by atoms with Crippen molar-refractivity contribution >= 4 is 43.3 Å². The predicted octanol–water partition coefficient (Wildman–Crippen LogP) is 2.78. The molecule has 0 saturated carbocycles. The number of amidine groups is 2. The summed E-state index contributed by atoms with van der Waals surface area (Å²) in [6.45, 7) is 0.307. The summed E-state index contributed by atoms with van der Waals surface area (Å²) in [6, 6.07) is 13.3. The van der Waals surface area contributed by atoms with Crippen LogP contribution in [0.2, 0.25) is 0 Å². The van der Waals surface area contributed by atoms with Crippen LogP contribution in [-0.2, 0) is 11.3 Å². The van der Waals surface area contributed by atoms with Crippen molar-refractivity contribution in [3.8, 4) is 6.07 Å². The zero-order valence-corrected chi connectivity index (χ0v) is 14.4. The molecule has 0 unspecified atom stereocenters. The van der Waals surface area contributed by atoms with Crippen LogP contribution >= 0.6 is 15.9 Å². The van der Waals surface area contributed by atoms with Crippen molar-refractivity contribution in [3.63, 3.8) is 0 Å². The van der Waals surface area contributed by atoms with Crippen LogP contribution in [0.25, 0.3) is 10.8 Å². The monoisotopic (exact) mass is 387 g/mol. The molecule has 24 heavy (non-hydrogen) atoms.